The third kappa shape index (κ3) is 3.19. The lowest BCUT2D eigenvalue weighted by molar-refractivity contribution is 0.0517. The highest BCUT2D eigenvalue weighted by molar-refractivity contribution is 5.91. The highest BCUT2D eigenvalue weighted by Gasteiger charge is 2.28. The quantitative estimate of drug-likeness (QED) is 0.698. The molecule has 1 atom stereocenters. The van der Waals surface area contributed by atoms with E-state index in [1.54, 1.807) is 21.7 Å². The molecule has 1 fully saturated rings. The molecule has 0 aromatic carbocycles. The molecule has 9 heteroatoms. The van der Waals surface area contributed by atoms with Crippen LogP contribution in [-0.2, 0) is 0 Å². The minimum Gasteiger partial charge on any atom is -0.472 e. The normalized spacial score (nSPS) is 17.5. The fourth-order valence-electron chi connectivity index (χ4n) is 3.14. The SMILES string of the molecule is Cc1cc(C)n2nc(C(=O)N3CCCC(Oc4ccncn4)C3)nc2n1. The van der Waals surface area contributed by atoms with Crippen molar-refractivity contribution < 1.29 is 9.53 Å². The van der Waals surface area contributed by atoms with Gasteiger partial charge in [-0.25, -0.2) is 19.5 Å². The van der Waals surface area contributed by atoms with Crippen LogP contribution < -0.4 is 4.74 Å². The highest BCUT2D eigenvalue weighted by Crippen LogP contribution is 2.17. The molecule has 0 bridgehead atoms. The molecule has 0 saturated carbocycles. The van der Waals surface area contributed by atoms with Crippen molar-refractivity contribution in [3.63, 3.8) is 0 Å². The molecule has 0 spiro atoms. The fourth-order valence-corrected chi connectivity index (χ4v) is 3.14. The first-order valence-electron chi connectivity index (χ1n) is 8.53. The molecule has 134 valence electrons. The molecule has 0 radical (unpaired) electrons. The van der Waals surface area contributed by atoms with E-state index in [-0.39, 0.29) is 17.8 Å². The molecule has 1 amide bonds. The summed E-state index contributed by atoms with van der Waals surface area (Å²) in [7, 11) is 0. The Bertz CT molecular complexity index is 941. The Morgan fingerprint density at radius 2 is 2.19 bits per heavy atom. The zero-order chi connectivity index (χ0) is 18.1. The van der Waals surface area contributed by atoms with E-state index in [4.69, 9.17) is 4.74 Å². The molecular formula is C17H19N7O2. The predicted molar refractivity (Wildman–Crippen MR) is 91.8 cm³/mol. The van der Waals surface area contributed by atoms with Crippen molar-refractivity contribution in [3.8, 4) is 5.88 Å². The van der Waals surface area contributed by atoms with Crippen molar-refractivity contribution in [2.24, 2.45) is 0 Å². The number of likely N-dealkylation sites (tertiary alicyclic amines) is 1. The van der Waals surface area contributed by atoms with Crippen molar-refractivity contribution in [1.29, 1.82) is 0 Å². The third-order valence-electron chi connectivity index (χ3n) is 4.32. The standard InChI is InChI=1S/C17H19N7O2/c1-11-8-12(2)24-17(20-11)21-15(22-24)16(25)23-7-3-4-13(9-23)26-14-5-6-18-10-19-14/h5-6,8,10,13H,3-4,7,9H2,1-2H3. The van der Waals surface area contributed by atoms with Gasteiger partial charge in [0, 0.05) is 30.2 Å². The number of nitrogens with zero attached hydrogens (tertiary/aromatic N) is 7. The van der Waals surface area contributed by atoms with Gasteiger partial charge in [0.05, 0.1) is 6.54 Å². The van der Waals surface area contributed by atoms with Gasteiger partial charge in [0.15, 0.2) is 0 Å². The van der Waals surface area contributed by atoms with Crippen LogP contribution in [0.25, 0.3) is 5.78 Å². The molecular weight excluding hydrogens is 334 g/mol. The number of piperidine rings is 1. The van der Waals surface area contributed by atoms with Crippen LogP contribution in [0.1, 0.15) is 34.8 Å². The lowest BCUT2D eigenvalue weighted by atomic mass is 10.1. The Labute approximate surface area is 150 Å². The van der Waals surface area contributed by atoms with Gasteiger partial charge in [-0.3, -0.25) is 4.79 Å². The summed E-state index contributed by atoms with van der Waals surface area (Å²) >= 11 is 0. The molecule has 26 heavy (non-hydrogen) atoms. The maximum Gasteiger partial charge on any atom is 0.293 e. The van der Waals surface area contributed by atoms with E-state index in [0.29, 0.717) is 24.7 Å². The Hall–Kier alpha value is -3.10. The van der Waals surface area contributed by atoms with Crippen LogP contribution in [0, 0.1) is 13.8 Å². The van der Waals surface area contributed by atoms with E-state index in [0.717, 1.165) is 24.2 Å². The van der Waals surface area contributed by atoms with Gasteiger partial charge in [-0.15, -0.1) is 5.10 Å². The maximum atomic E-state index is 12.8. The van der Waals surface area contributed by atoms with Gasteiger partial charge in [-0.05, 0) is 32.8 Å². The van der Waals surface area contributed by atoms with Crippen molar-refractivity contribution in [2.45, 2.75) is 32.8 Å². The molecule has 3 aromatic rings. The number of fused-ring (bicyclic) bond motifs is 1. The second-order valence-electron chi connectivity index (χ2n) is 6.37. The lowest BCUT2D eigenvalue weighted by Crippen LogP contribution is -2.44. The Morgan fingerprint density at radius 1 is 1.31 bits per heavy atom. The number of aromatic nitrogens is 6. The molecule has 9 nitrogen and oxygen atoms in total. The molecule has 3 aromatic heterocycles. The maximum absolute atomic E-state index is 12.8. The summed E-state index contributed by atoms with van der Waals surface area (Å²) in [6.07, 6.45) is 4.68. The number of amides is 1. The van der Waals surface area contributed by atoms with Crippen LogP contribution in [0.15, 0.2) is 24.7 Å². The van der Waals surface area contributed by atoms with Crippen LogP contribution >= 0.6 is 0 Å². The third-order valence-corrected chi connectivity index (χ3v) is 4.32. The first-order valence-corrected chi connectivity index (χ1v) is 8.53. The number of hydrogen-bond donors (Lipinski definition) is 0. The predicted octanol–water partition coefficient (Wildman–Crippen LogP) is 1.21. The molecule has 1 aliphatic heterocycles. The number of aryl methyl sites for hydroxylation is 2. The first kappa shape index (κ1) is 16.4. The highest BCUT2D eigenvalue weighted by atomic mass is 16.5. The lowest BCUT2D eigenvalue weighted by Gasteiger charge is -2.31. The summed E-state index contributed by atoms with van der Waals surface area (Å²) in [6, 6.07) is 3.61. The summed E-state index contributed by atoms with van der Waals surface area (Å²) in [5, 5.41) is 4.33. The van der Waals surface area contributed by atoms with Gasteiger partial charge in [0.25, 0.3) is 11.7 Å². The van der Waals surface area contributed by atoms with Crippen LogP contribution in [0.4, 0.5) is 0 Å². The van der Waals surface area contributed by atoms with Crippen molar-refractivity contribution in [1.82, 2.24) is 34.4 Å². The average molecular weight is 353 g/mol. The first-order chi connectivity index (χ1) is 12.6. The number of carbonyl (C=O) groups is 1. The molecule has 1 saturated heterocycles. The largest absolute Gasteiger partial charge is 0.472 e. The van der Waals surface area contributed by atoms with E-state index in [2.05, 4.69) is 25.0 Å². The van der Waals surface area contributed by atoms with Gasteiger partial charge >= 0.3 is 0 Å². The fraction of sp³-hybridized carbons (Fsp3) is 0.412. The van der Waals surface area contributed by atoms with Crippen molar-refractivity contribution in [2.75, 3.05) is 13.1 Å². The summed E-state index contributed by atoms with van der Waals surface area (Å²) in [4.78, 5) is 31.2. The van der Waals surface area contributed by atoms with Crippen molar-refractivity contribution in [3.05, 3.63) is 41.9 Å². The minimum absolute atomic E-state index is 0.110. The van der Waals surface area contributed by atoms with Crippen molar-refractivity contribution >= 4 is 11.7 Å². The van der Waals surface area contributed by atoms with E-state index < -0.39 is 0 Å². The molecule has 1 aliphatic rings. The van der Waals surface area contributed by atoms with Crippen LogP contribution in [0.3, 0.4) is 0 Å². The number of hydrogen-bond acceptors (Lipinski definition) is 7. The van der Waals surface area contributed by atoms with E-state index >= 15 is 0 Å². The number of rotatable bonds is 3. The summed E-state index contributed by atoms with van der Waals surface area (Å²) in [5.41, 5.74) is 1.74. The van der Waals surface area contributed by atoms with Gasteiger partial charge in [-0.1, -0.05) is 0 Å². The van der Waals surface area contributed by atoms with Gasteiger partial charge in [-0.2, -0.15) is 4.98 Å². The van der Waals surface area contributed by atoms with Crippen LogP contribution in [0.5, 0.6) is 5.88 Å². The topological polar surface area (TPSA) is 98.4 Å². The molecule has 0 N–H and O–H groups in total. The number of ether oxygens (including phenoxy) is 1. The second-order valence-corrected chi connectivity index (χ2v) is 6.37. The summed E-state index contributed by atoms with van der Waals surface area (Å²) in [6.45, 7) is 4.94. The molecule has 1 unspecified atom stereocenters. The molecule has 0 aliphatic carbocycles. The summed E-state index contributed by atoms with van der Waals surface area (Å²) in [5.74, 6) is 0.912. The number of carbonyl (C=O) groups excluding carboxylic acids is 1. The van der Waals surface area contributed by atoms with Gasteiger partial charge < -0.3 is 9.64 Å². The van der Waals surface area contributed by atoms with Crippen LogP contribution in [0.2, 0.25) is 0 Å². The molecule has 4 rings (SSSR count). The Morgan fingerprint density at radius 3 is 3.00 bits per heavy atom. The smallest absolute Gasteiger partial charge is 0.293 e. The Balaban J connectivity index is 1.51. The van der Waals surface area contributed by atoms with E-state index in [9.17, 15) is 4.79 Å². The molecule has 4 heterocycles. The second kappa shape index (κ2) is 6.66. The zero-order valence-corrected chi connectivity index (χ0v) is 14.7. The zero-order valence-electron chi connectivity index (χ0n) is 14.7. The van der Waals surface area contributed by atoms with E-state index in [1.165, 1.54) is 6.33 Å². The van der Waals surface area contributed by atoms with Gasteiger partial charge in [0.1, 0.15) is 12.4 Å². The average Bonchev–Trinajstić information content (AvgIpc) is 3.06. The van der Waals surface area contributed by atoms with Gasteiger partial charge in [0.2, 0.25) is 11.7 Å². The summed E-state index contributed by atoms with van der Waals surface area (Å²) < 4.78 is 7.46. The minimum atomic E-state index is -0.205. The Kier molecular flexibility index (Phi) is 4.19. The monoisotopic (exact) mass is 353 g/mol. The van der Waals surface area contributed by atoms with E-state index in [1.807, 2.05) is 19.9 Å². The van der Waals surface area contributed by atoms with Crippen LogP contribution in [-0.4, -0.2) is 59.6 Å².